The fraction of sp³-hybridized carbons (Fsp3) is 0.192. The van der Waals surface area contributed by atoms with Gasteiger partial charge in [0, 0.05) is 41.4 Å². The van der Waals surface area contributed by atoms with E-state index in [1.54, 1.807) is 24.3 Å². The molecule has 0 aromatic heterocycles. The maximum absolute atomic E-state index is 13.0. The molecule has 1 saturated heterocycles. The van der Waals surface area contributed by atoms with Crippen LogP contribution in [-0.2, 0) is 11.2 Å². The molecule has 2 amide bonds. The third-order valence-corrected chi connectivity index (χ3v) is 6.38. The maximum atomic E-state index is 13.0. The van der Waals surface area contributed by atoms with E-state index >= 15 is 0 Å². The second kappa shape index (κ2) is 10.2. The van der Waals surface area contributed by atoms with E-state index in [0.29, 0.717) is 28.8 Å². The predicted octanol–water partition coefficient (Wildman–Crippen LogP) is 4.60. The first-order valence-corrected chi connectivity index (χ1v) is 11.7. The molecule has 0 atom stereocenters. The van der Waals surface area contributed by atoms with E-state index in [1.807, 2.05) is 65.2 Å². The molecule has 5 nitrogen and oxygen atoms in total. The lowest BCUT2D eigenvalue weighted by molar-refractivity contribution is -0.130. The predicted molar refractivity (Wildman–Crippen MR) is 129 cm³/mol. The molecule has 1 aliphatic heterocycles. The van der Waals surface area contributed by atoms with Gasteiger partial charge >= 0.3 is 0 Å². The molecule has 1 heterocycles. The highest BCUT2D eigenvalue weighted by Crippen LogP contribution is 2.27. The number of nitrogens with one attached hydrogen (secondary N) is 1. The summed E-state index contributed by atoms with van der Waals surface area (Å²) in [5, 5.41) is 12.4. The minimum absolute atomic E-state index is 0.146. The average molecular weight is 442 g/mol. The van der Waals surface area contributed by atoms with Gasteiger partial charge in [-0.2, -0.15) is 17.0 Å². The van der Waals surface area contributed by atoms with Gasteiger partial charge in [-0.15, -0.1) is 0 Å². The monoisotopic (exact) mass is 441 g/mol. The van der Waals surface area contributed by atoms with Crippen LogP contribution in [0.15, 0.2) is 72.8 Å². The van der Waals surface area contributed by atoms with E-state index in [1.165, 1.54) is 0 Å². The van der Waals surface area contributed by atoms with Crippen molar-refractivity contribution in [2.45, 2.75) is 6.42 Å². The molecule has 0 saturated carbocycles. The Morgan fingerprint density at radius 2 is 1.56 bits per heavy atom. The van der Waals surface area contributed by atoms with E-state index in [-0.39, 0.29) is 11.8 Å². The molecule has 0 unspecified atom stereocenters. The number of carbonyl (C=O) groups is 2. The fourth-order valence-corrected chi connectivity index (χ4v) is 4.64. The van der Waals surface area contributed by atoms with Gasteiger partial charge in [-0.25, -0.2) is 0 Å². The molecule has 32 heavy (non-hydrogen) atoms. The number of thioether (sulfide) groups is 1. The van der Waals surface area contributed by atoms with Crippen molar-refractivity contribution in [2.24, 2.45) is 0 Å². The molecule has 160 valence electrons. The van der Waals surface area contributed by atoms with Crippen LogP contribution in [0.3, 0.4) is 0 Å². The summed E-state index contributed by atoms with van der Waals surface area (Å²) in [5.74, 6) is 1.89. The van der Waals surface area contributed by atoms with Gasteiger partial charge in [0.1, 0.15) is 0 Å². The standard InChI is InChI=1S/C26H23N3O2S/c27-18-20-5-1-2-6-22(20)23-7-3-4-8-24(23)26(31)28-21-11-9-19(10-12-21)17-25(30)29-13-15-32-16-14-29/h1-12H,13-17H2,(H,28,31). The molecule has 6 heteroatoms. The number of anilines is 1. The number of benzene rings is 3. The minimum Gasteiger partial charge on any atom is -0.341 e. The Kier molecular flexibility index (Phi) is 6.88. The summed E-state index contributed by atoms with van der Waals surface area (Å²) in [6.45, 7) is 1.62. The quantitative estimate of drug-likeness (QED) is 0.628. The van der Waals surface area contributed by atoms with Crippen molar-refractivity contribution in [1.82, 2.24) is 4.90 Å². The Labute approximate surface area is 192 Å². The van der Waals surface area contributed by atoms with Crippen molar-refractivity contribution in [3.63, 3.8) is 0 Å². The van der Waals surface area contributed by atoms with Gasteiger partial charge in [0.15, 0.2) is 0 Å². The van der Waals surface area contributed by atoms with Gasteiger partial charge in [0.05, 0.1) is 18.1 Å². The van der Waals surface area contributed by atoms with Gasteiger partial charge in [-0.05, 0) is 35.4 Å². The number of carbonyl (C=O) groups excluding carboxylic acids is 2. The zero-order chi connectivity index (χ0) is 22.3. The van der Waals surface area contributed by atoms with Crippen LogP contribution in [0.2, 0.25) is 0 Å². The Bertz CT molecular complexity index is 1160. The van der Waals surface area contributed by atoms with Crippen LogP contribution in [0.4, 0.5) is 5.69 Å². The minimum atomic E-state index is -0.247. The van der Waals surface area contributed by atoms with Crippen LogP contribution in [-0.4, -0.2) is 41.3 Å². The highest BCUT2D eigenvalue weighted by molar-refractivity contribution is 7.99. The third-order valence-electron chi connectivity index (χ3n) is 5.44. The van der Waals surface area contributed by atoms with Gasteiger partial charge in [-0.1, -0.05) is 48.5 Å². The summed E-state index contributed by atoms with van der Waals surface area (Å²) in [4.78, 5) is 27.4. The van der Waals surface area contributed by atoms with E-state index in [9.17, 15) is 14.9 Å². The molecule has 4 rings (SSSR count). The summed E-state index contributed by atoms with van der Waals surface area (Å²) in [6, 6.07) is 24.1. The lowest BCUT2D eigenvalue weighted by Gasteiger charge is -2.26. The summed E-state index contributed by atoms with van der Waals surface area (Å²) in [5.41, 5.74) is 4.04. The van der Waals surface area contributed by atoms with Crippen molar-refractivity contribution in [2.75, 3.05) is 29.9 Å². The van der Waals surface area contributed by atoms with E-state index < -0.39 is 0 Å². The number of nitriles is 1. The molecule has 0 bridgehead atoms. The van der Waals surface area contributed by atoms with Crippen LogP contribution >= 0.6 is 11.8 Å². The van der Waals surface area contributed by atoms with Crippen molar-refractivity contribution >= 4 is 29.3 Å². The summed E-state index contributed by atoms with van der Waals surface area (Å²) < 4.78 is 0. The Hall–Kier alpha value is -3.56. The highest BCUT2D eigenvalue weighted by Gasteiger charge is 2.17. The van der Waals surface area contributed by atoms with E-state index in [2.05, 4.69) is 11.4 Å². The van der Waals surface area contributed by atoms with Gasteiger partial charge in [0.2, 0.25) is 5.91 Å². The molecule has 1 aliphatic rings. The fourth-order valence-electron chi connectivity index (χ4n) is 3.73. The number of amides is 2. The maximum Gasteiger partial charge on any atom is 0.256 e. The number of hydrogen-bond acceptors (Lipinski definition) is 4. The van der Waals surface area contributed by atoms with Crippen LogP contribution in [0.25, 0.3) is 11.1 Å². The smallest absolute Gasteiger partial charge is 0.256 e. The molecular weight excluding hydrogens is 418 g/mol. The number of rotatable bonds is 5. The van der Waals surface area contributed by atoms with Crippen molar-refractivity contribution in [3.8, 4) is 17.2 Å². The van der Waals surface area contributed by atoms with Crippen LogP contribution in [0.1, 0.15) is 21.5 Å². The van der Waals surface area contributed by atoms with Crippen molar-refractivity contribution in [3.05, 3.63) is 89.5 Å². The highest BCUT2D eigenvalue weighted by atomic mass is 32.2. The zero-order valence-electron chi connectivity index (χ0n) is 17.6. The topological polar surface area (TPSA) is 73.2 Å². The second-order valence-electron chi connectivity index (χ2n) is 7.52. The summed E-state index contributed by atoms with van der Waals surface area (Å²) in [6.07, 6.45) is 0.368. The van der Waals surface area contributed by atoms with E-state index in [0.717, 1.165) is 35.7 Å². The average Bonchev–Trinajstić information content (AvgIpc) is 2.85. The first-order chi connectivity index (χ1) is 15.7. The molecule has 1 N–H and O–H groups in total. The zero-order valence-corrected chi connectivity index (χ0v) is 18.4. The Balaban J connectivity index is 1.47. The summed E-state index contributed by atoms with van der Waals surface area (Å²) in [7, 11) is 0. The molecular formula is C26H23N3O2S. The number of hydrogen-bond donors (Lipinski definition) is 1. The van der Waals surface area contributed by atoms with Crippen molar-refractivity contribution in [1.29, 1.82) is 5.26 Å². The summed E-state index contributed by atoms with van der Waals surface area (Å²) >= 11 is 1.88. The van der Waals surface area contributed by atoms with Crippen LogP contribution in [0, 0.1) is 11.3 Å². The van der Waals surface area contributed by atoms with Crippen LogP contribution < -0.4 is 5.32 Å². The molecule has 3 aromatic carbocycles. The SMILES string of the molecule is N#Cc1ccccc1-c1ccccc1C(=O)Nc1ccc(CC(=O)N2CCSCC2)cc1. The van der Waals surface area contributed by atoms with E-state index in [4.69, 9.17) is 0 Å². The second-order valence-corrected chi connectivity index (χ2v) is 8.75. The lowest BCUT2D eigenvalue weighted by Crippen LogP contribution is -2.38. The van der Waals surface area contributed by atoms with Crippen molar-refractivity contribution < 1.29 is 9.59 Å². The third kappa shape index (κ3) is 5.01. The van der Waals surface area contributed by atoms with Gasteiger partial charge in [-0.3, -0.25) is 9.59 Å². The molecule has 3 aromatic rings. The largest absolute Gasteiger partial charge is 0.341 e. The normalized spacial score (nSPS) is 13.3. The van der Waals surface area contributed by atoms with Crippen LogP contribution in [0.5, 0.6) is 0 Å². The lowest BCUT2D eigenvalue weighted by atomic mass is 9.95. The molecule has 1 fully saturated rings. The first-order valence-electron chi connectivity index (χ1n) is 10.5. The first kappa shape index (κ1) is 21.7. The number of nitrogens with zero attached hydrogens (tertiary/aromatic N) is 2. The molecule has 0 spiro atoms. The van der Waals surface area contributed by atoms with Gasteiger partial charge in [0.25, 0.3) is 5.91 Å². The molecule has 0 radical (unpaired) electrons. The van der Waals surface area contributed by atoms with Gasteiger partial charge < -0.3 is 10.2 Å². The Morgan fingerprint density at radius 3 is 2.28 bits per heavy atom. The Morgan fingerprint density at radius 1 is 0.906 bits per heavy atom. The molecule has 0 aliphatic carbocycles.